The Morgan fingerprint density at radius 3 is 2.40 bits per heavy atom. The largest absolute Gasteiger partial charge is 0.361 e. The minimum atomic E-state index is -1.29. The number of nitrogens with one attached hydrogen (secondary N) is 1. The van der Waals surface area contributed by atoms with E-state index in [4.69, 9.17) is 0 Å². The summed E-state index contributed by atoms with van der Waals surface area (Å²) in [7, 11) is 0. The van der Waals surface area contributed by atoms with Crippen LogP contribution in [0.4, 0.5) is 13.2 Å². The van der Waals surface area contributed by atoms with Gasteiger partial charge in [-0.1, -0.05) is 0 Å². The molecule has 0 bridgehead atoms. The van der Waals surface area contributed by atoms with Crippen molar-refractivity contribution < 1.29 is 13.2 Å². The summed E-state index contributed by atoms with van der Waals surface area (Å²) in [5.74, 6) is -3.50. The van der Waals surface area contributed by atoms with Gasteiger partial charge in [-0.15, -0.1) is 0 Å². The molecule has 0 unspecified atom stereocenters. The number of aromatic nitrogens is 3. The van der Waals surface area contributed by atoms with Gasteiger partial charge in [-0.3, -0.25) is 0 Å². The highest BCUT2D eigenvalue weighted by atomic mass is 19.2. The van der Waals surface area contributed by atoms with Crippen LogP contribution >= 0.6 is 0 Å². The minimum absolute atomic E-state index is 0.316. The second kappa shape index (κ2) is 3.26. The lowest BCUT2D eigenvalue weighted by atomic mass is 10.3. The van der Waals surface area contributed by atoms with Crippen molar-refractivity contribution in [3.8, 4) is 5.69 Å². The van der Waals surface area contributed by atoms with Gasteiger partial charge < -0.3 is 0 Å². The maximum atomic E-state index is 13.1. The summed E-state index contributed by atoms with van der Waals surface area (Å²) in [6, 6.07) is 1.02. The summed E-state index contributed by atoms with van der Waals surface area (Å²) in [4.78, 5) is 13.9. The molecule has 1 heterocycles. The van der Waals surface area contributed by atoms with Crippen molar-refractivity contribution in [3.05, 3.63) is 46.4 Å². The molecule has 1 N–H and O–H groups in total. The van der Waals surface area contributed by atoms with Gasteiger partial charge >= 0.3 is 5.69 Å². The molecular weight excluding hydrogens is 211 g/mol. The molecule has 2 rings (SSSR count). The van der Waals surface area contributed by atoms with Gasteiger partial charge in [0.05, 0.1) is 0 Å². The van der Waals surface area contributed by atoms with Crippen LogP contribution in [0.2, 0.25) is 0 Å². The molecule has 0 aliphatic heterocycles. The van der Waals surface area contributed by atoms with Crippen LogP contribution in [0, 0.1) is 17.5 Å². The molecule has 15 heavy (non-hydrogen) atoms. The Kier molecular flexibility index (Phi) is 2.07. The first-order valence-corrected chi connectivity index (χ1v) is 3.86. The summed E-state index contributed by atoms with van der Waals surface area (Å²) in [6.07, 6.45) is 0.970. The number of benzene rings is 1. The van der Waals surface area contributed by atoms with Crippen LogP contribution in [-0.4, -0.2) is 14.8 Å². The van der Waals surface area contributed by atoms with Gasteiger partial charge in [0.2, 0.25) is 0 Å². The number of aromatic amines is 1. The molecule has 1 aromatic carbocycles. The van der Waals surface area contributed by atoms with Crippen LogP contribution in [0.25, 0.3) is 5.69 Å². The summed E-state index contributed by atoms with van der Waals surface area (Å²) >= 11 is 0. The number of halogens is 3. The zero-order valence-corrected chi connectivity index (χ0v) is 7.17. The molecule has 0 spiro atoms. The van der Waals surface area contributed by atoms with E-state index in [1.54, 1.807) is 0 Å². The van der Waals surface area contributed by atoms with Crippen molar-refractivity contribution in [2.24, 2.45) is 0 Å². The van der Waals surface area contributed by atoms with E-state index in [-0.39, 0.29) is 5.69 Å². The van der Waals surface area contributed by atoms with Crippen LogP contribution in [0.15, 0.2) is 23.3 Å². The number of hydrogen-bond acceptors (Lipinski definition) is 2. The van der Waals surface area contributed by atoms with Crippen molar-refractivity contribution in [2.45, 2.75) is 0 Å². The number of hydrogen-bond donors (Lipinski definition) is 1. The first kappa shape index (κ1) is 9.50. The topological polar surface area (TPSA) is 50.7 Å². The number of rotatable bonds is 1. The maximum Gasteiger partial charge on any atom is 0.361 e. The second-order valence-corrected chi connectivity index (χ2v) is 2.75. The molecule has 7 heteroatoms. The Hall–Kier alpha value is -2.05. The molecular formula is C8H4F3N3O. The van der Waals surface area contributed by atoms with Crippen molar-refractivity contribution in [1.82, 2.24) is 14.8 Å². The van der Waals surface area contributed by atoms with E-state index in [0.717, 1.165) is 11.0 Å². The summed E-state index contributed by atoms with van der Waals surface area (Å²) < 4.78 is 39.4. The Morgan fingerprint density at radius 1 is 1.13 bits per heavy atom. The lowest BCUT2D eigenvalue weighted by Crippen LogP contribution is -2.07. The fraction of sp³-hybridized carbons (Fsp3) is 0. The lowest BCUT2D eigenvalue weighted by molar-refractivity contribution is 0.491. The Bertz CT molecular complexity index is 560. The fourth-order valence-corrected chi connectivity index (χ4v) is 1.09. The van der Waals surface area contributed by atoms with E-state index in [9.17, 15) is 18.0 Å². The van der Waals surface area contributed by atoms with Crippen molar-refractivity contribution in [2.75, 3.05) is 0 Å². The van der Waals surface area contributed by atoms with Gasteiger partial charge in [-0.25, -0.2) is 27.7 Å². The van der Waals surface area contributed by atoms with Crippen molar-refractivity contribution in [3.63, 3.8) is 0 Å². The highest BCUT2D eigenvalue weighted by Crippen LogP contribution is 2.15. The molecule has 78 valence electrons. The Labute approximate surface area is 81.0 Å². The summed E-state index contributed by atoms with van der Waals surface area (Å²) in [5.41, 5.74) is -1.03. The van der Waals surface area contributed by atoms with E-state index >= 15 is 0 Å². The van der Waals surface area contributed by atoms with Crippen molar-refractivity contribution >= 4 is 0 Å². The SMILES string of the molecule is O=c1ncn(-c2cc(F)c(F)cc2F)[nH]1. The third-order valence-corrected chi connectivity index (χ3v) is 1.76. The van der Waals surface area contributed by atoms with E-state index in [1.165, 1.54) is 0 Å². The van der Waals surface area contributed by atoms with E-state index < -0.39 is 23.1 Å². The fourth-order valence-electron chi connectivity index (χ4n) is 1.09. The minimum Gasteiger partial charge on any atom is -0.244 e. The standard InChI is InChI=1S/C8H4F3N3O/c9-4-1-6(11)7(2-5(4)10)14-3-12-8(15)13-14/h1-3H,(H,13,15). The predicted octanol–water partition coefficient (Wildman–Crippen LogP) is 0.978. The zero-order chi connectivity index (χ0) is 11.0. The van der Waals surface area contributed by atoms with E-state index in [0.29, 0.717) is 12.1 Å². The first-order valence-electron chi connectivity index (χ1n) is 3.86. The third kappa shape index (κ3) is 1.63. The molecule has 0 amide bonds. The highest BCUT2D eigenvalue weighted by molar-refractivity contribution is 5.32. The average molecular weight is 215 g/mol. The quantitative estimate of drug-likeness (QED) is 0.721. The first-order chi connectivity index (χ1) is 7.08. The smallest absolute Gasteiger partial charge is 0.244 e. The Balaban J connectivity index is 2.63. The molecule has 0 aliphatic rings. The monoisotopic (exact) mass is 215 g/mol. The molecule has 0 aliphatic carbocycles. The lowest BCUT2D eigenvalue weighted by Gasteiger charge is -2.03. The van der Waals surface area contributed by atoms with Crippen LogP contribution in [0.1, 0.15) is 0 Å². The molecule has 2 aromatic rings. The zero-order valence-electron chi connectivity index (χ0n) is 7.17. The molecule has 1 aromatic heterocycles. The van der Waals surface area contributed by atoms with Crippen LogP contribution < -0.4 is 5.69 Å². The maximum absolute atomic E-state index is 13.1. The number of nitrogens with zero attached hydrogens (tertiary/aromatic N) is 2. The normalized spacial score (nSPS) is 10.6. The molecule has 0 saturated heterocycles. The van der Waals surface area contributed by atoms with Gasteiger partial charge in [-0.05, 0) is 0 Å². The van der Waals surface area contributed by atoms with Crippen LogP contribution in [0.3, 0.4) is 0 Å². The number of H-pyrrole nitrogens is 1. The summed E-state index contributed by atoms with van der Waals surface area (Å²) in [5, 5.41) is 2.10. The van der Waals surface area contributed by atoms with Crippen molar-refractivity contribution in [1.29, 1.82) is 0 Å². The van der Waals surface area contributed by atoms with Crippen LogP contribution in [0.5, 0.6) is 0 Å². The molecule has 0 atom stereocenters. The van der Waals surface area contributed by atoms with Gasteiger partial charge in [-0.2, -0.15) is 4.98 Å². The van der Waals surface area contributed by atoms with Gasteiger partial charge in [0.15, 0.2) is 17.5 Å². The van der Waals surface area contributed by atoms with Crippen LogP contribution in [-0.2, 0) is 0 Å². The molecule has 4 nitrogen and oxygen atoms in total. The third-order valence-electron chi connectivity index (χ3n) is 1.76. The predicted molar refractivity (Wildman–Crippen MR) is 44.1 cm³/mol. The second-order valence-electron chi connectivity index (χ2n) is 2.75. The van der Waals surface area contributed by atoms with Gasteiger partial charge in [0.25, 0.3) is 0 Å². The van der Waals surface area contributed by atoms with Gasteiger partial charge in [0, 0.05) is 12.1 Å². The van der Waals surface area contributed by atoms with E-state index in [1.807, 2.05) is 0 Å². The van der Waals surface area contributed by atoms with E-state index in [2.05, 4.69) is 10.1 Å². The molecule has 0 radical (unpaired) electrons. The summed E-state index contributed by atoms with van der Waals surface area (Å²) in [6.45, 7) is 0. The average Bonchev–Trinajstić information content (AvgIpc) is 2.58. The van der Waals surface area contributed by atoms with Gasteiger partial charge in [0.1, 0.15) is 12.0 Å². The highest BCUT2D eigenvalue weighted by Gasteiger charge is 2.11. The Morgan fingerprint density at radius 2 is 1.80 bits per heavy atom. The molecule has 0 fully saturated rings. The molecule has 0 saturated carbocycles.